The lowest BCUT2D eigenvalue weighted by Crippen LogP contribution is -2.47. The molecule has 0 bridgehead atoms. The number of rotatable bonds is 52. The zero-order valence-electron chi connectivity index (χ0n) is 49.6. The predicted octanol–water partition coefficient (Wildman–Crippen LogP) is 18.0. The van der Waals surface area contributed by atoms with E-state index in [0.29, 0.717) is 23.9 Å². The van der Waals surface area contributed by atoms with Crippen LogP contribution in [0.25, 0.3) is 0 Å². The number of phosphoric ester groups is 1. The molecule has 3 atom stereocenters. The molecule has 77 heavy (non-hydrogen) atoms. The number of phosphoric acid groups is 1. The second-order valence-corrected chi connectivity index (χ2v) is 22.1. The quantitative estimate of drug-likeness (QED) is 0.0212. The molecule has 0 rings (SSSR count). The molecule has 1 amide bonds. The smallest absolute Gasteiger partial charge is 0.306 e. The first-order chi connectivity index (χ1) is 37.4. The van der Waals surface area contributed by atoms with Gasteiger partial charge >= 0.3 is 5.97 Å². The minimum absolute atomic E-state index is 0.0479. The molecule has 0 radical (unpaired) electrons. The fraction of sp³-hybridized carbons (Fsp3) is 0.612. The maximum Gasteiger partial charge on any atom is 0.306 e. The third-order valence-electron chi connectivity index (χ3n) is 12.3. The van der Waals surface area contributed by atoms with Crippen molar-refractivity contribution in [2.24, 2.45) is 0 Å². The molecule has 0 aliphatic rings. The first kappa shape index (κ1) is 72.9. The number of carbonyl (C=O) groups is 2. The zero-order valence-corrected chi connectivity index (χ0v) is 50.5. The molecule has 0 aliphatic heterocycles. The van der Waals surface area contributed by atoms with Gasteiger partial charge < -0.3 is 28.5 Å². The number of ether oxygens (including phenoxy) is 1. The molecule has 9 nitrogen and oxygen atoms in total. The normalized spacial score (nSPS) is 14.7. The molecule has 0 aromatic carbocycles. The van der Waals surface area contributed by atoms with Gasteiger partial charge in [-0.25, -0.2) is 0 Å². The highest BCUT2D eigenvalue weighted by Crippen LogP contribution is 2.38. The van der Waals surface area contributed by atoms with Crippen LogP contribution in [0.2, 0.25) is 0 Å². The summed E-state index contributed by atoms with van der Waals surface area (Å²) in [6, 6.07) is -0.948. The molecule has 0 aromatic rings. The van der Waals surface area contributed by atoms with Crippen molar-refractivity contribution in [3.8, 4) is 0 Å². The lowest BCUT2D eigenvalue weighted by molar-refractivity contribution is -0.870. The van der Waals surface area contributed by atoms with Crippen LogP contribution in [-0.2, 0) is 27.9 Å². The number of quaternary nitrogens is 1. The lowest BCUT2D eigenvalue weighted by Gasteiger charge is -2.30. The molecule has 1 N–H and O–H groups in total. The van der Waals surface area contributed by atoms with Gasteiger partial charge in [-0.05, 0) is 115 Å². The average molecular weight is 1090 g/mol. The van der Waals surface area contributed by atoms with Crippen LogP contribution in [0, 0.1) is 0 Å². The van der Waals surface area contributed by atoms with Crippen LogP contribution in [0.1, 0.15) is 213 Å². The number of amides is 1. The summed E-state index contributed by atoms with van der Waals surface area (Å²) in [6.45, 7) is 6.51. The summed E-state index contributed by atoms with van der Waals surface area (Å²) in [7, 11) is 1.10. The Bertz CT molecular complexity index is 1830. The molecule has 3 unspecified atom stereocenters. The Kier molecular flexibility index (Phi) is 52.3. The maximum absolute atomic E-state index is 13.5. The number of carbonyl (C=O) groups excluding carboxylic acids is 2. The standard InChI is InChI=1S/C67H111N2O7P/c1-7-10-13-16-19-22-25-27-29-31-33-34-36-38-40-42-45-48-51-54-57-60-67(71)76-65(58-55-52-49-46-43-24-21-18-15-12-9-3)64(63-75-77(72,73)74-62-61-69(4,5)6)68-66(70)59-56-53-50-47-44-41-39-37-35-32-30-28-26-23-20-17-14-11-8-2/h10-11,13-14,19-20,22-23,27-30,33-35,37-38,40-41,44,50,53,55,58,64-65H,7-9,12,15-18,21,24-26,31-32,36,39,42-43,45-49,51-52,54,56-57,59-63H2,1-6H3,(H-,68,70,72,73)/b13-10-,14-11-,22-19-,23-20-,29-27-,30-28-,34-33-,37-35-,40-38-,44-41-,53-50-,58-55+. The molecule has 436 valence electrons. The summed E-state index contributed by atoms with van der Waals surface area (Å²) in [5.74, 6) is -0.675. The van der Waals surface area contributed by atoms with Crippen LogP contribution in [-0.4, -0.2) is 69.4 Å². The van der Waals surface area contributed by atoms with Crippen molar-refractivity contribution in [1.82, 2.24) is 5.32 Å². The molecular weight excluding hydrogens is 976 g/mol. The number of esters is 1. The summed E-state index contributed by atoms with van der Waals surface area (Å²) < 4.78 is 30.2. The lowest BCUT2D eigenvalue weighted by atomic mass is 10.1. The fourth-order valence-electron chi connectivity index (χ4n) is 7.69. The molecule has 0 saturated heterocycles. The highest BCUT2D eigenvalue weighted by Gasteiger charge is 2.27. The molecule has 0 heterocycles. The van der Waals surface area contributed by atoms with Crippen LogP contribution in [0.15, 0.2) is 146 Å². The van der Waals surface area contributed by atoms with Crippen LogP contribution in [0.3, 0.4) is 0 Å². The topological polar surface area (TPSA) is 114 Å². The van der Waals surface area contributed by atoms with E-state index in [1.165, 1.54) is 44.9 Å². The van der Waals surface area contributed by atoms with Crippen molar-refractivity contribution in [2.45, 2.75) is 226 Å². The van der Waals surface area contributed by atoms with E-state index in [4.69, 9.17) is 13.8 Å². The Labute approximate surface area is 472 Å². The van der Waals surface area contributed by atoms with Crippen LogP contribution in [0.4, 0.5) is 0 Å². The minimum Gasteiger partial charge on any atom is -0.756 e. The Balaban J connectivity index is 5.41. The second kappa shape index (κ2) is 55.2. The van der Waals surface area contributed by atoms with Crippen LogP contribution >= 0.6 is 7.82 Å². The fourth-order valence-corrected chi connectivity index (χ4v) is 8.41. The van der Waals surface area contributed by atoms with Gasteiger partial charge in [-0.2, -0.15) is 0 Å². The largest absolute Gasteiger partial charge is 0.756 e. The van der Waals surface area contributed by atoms with Crippen molar-refractivity contribution in [2.75, 3.05) is 40.9 Å². The van der Waals surface area contributed by atoms with E-state index in [-0.39, 0.29) is 31.3 Å². The molecule has 0 spiro atoms. The van der Waals surface area contributed by atoms with Gasteiger partial charge in [0.2, 0.25) is 5.91 Å². The van der Waals surface area contributed by atoms with E-state index in [9.17, 15) is 19.0 Å². The summed E-state index contributed by atoms with van der Waals surface area (Å²) in [4.78, 5) is 39.9. The van der Waals surface area contributed by atoms with E-state index in [2.05, 4.69) is 148 Å². The predicted molar refractivity (Wildman–Crippen MR) is 329 cm³/mol. The molecular formula is C67H111N2O7P. The van der Waals surface area contributed by atoms with Crippen molar-refractivity contribution in [3.63, 3.8) is 0 Å². The Morgan fingerprint density at radius 2 is 0.844 bits per heavy atom. The molecule has 10 heteroatoms. The van der Waals surface area contributed by atoms with E-state index < -0.39 is 26.6 Å². The SMILES string of the molecule is CC/C=C\C/C=C\C/C=C\C/C=C\C/C=C\C/C=C\CCC(=O)NC(COP(=O)([O-])OCC[N+](C)(C)C)C(/C=C/CCCCCCCCCCC)OC(=O)CCCCCCC/C=C\C/C=C\C/C=C\C/C=C\C/C=C\CC. The highest BCUT2D eigenvalue weighted by atomic mass is 31.2. The summed E-state index contributed by atoms with van der Waals surface area (Å²) in [5.41, 5.74) is 0. The van der Waals surface area contributed by atoms with Gasteiger partial charge in [0.05, 0.1) is 33.8 Å². The number of nitrogens with one attached hydrogen (secondary N) is 1. The third-order valence-corrected chi connectivity index (χ3v) is 13.2. The maximum atomic E-state index is 13.5. The first-order valence-corrected chi connectivity index (χ1v) is 31.6. The number of unbranched alkanes of at least 4 members (excludes halogenated alkanes) is 14. The van der Waals surface area contributed by atoms with Crippen molar-refractivity contribution in [1.29, 1.82) is 0 Å². The van der Waals surface area contributed by atoms with Crippen molar-refractivity contribution >= 4 is 19.7 Å². The van der Waals surface area contributed by atoms with E-state index >= 15 is 0 Å². The van der Waals surface area contributed by atoms with Gasteiger partial charge in [0.15, 0.2) is 0 Å². The molecule has 0 fully saturated rings. The molecule has 0 saturated carbocycles. The summed E-state index contributed by atoms with van der Waals surface area (Å²) >= 11 is 0. The zero-order chi connectivity index (χ0) is 56.4. The number of hydrogen-bond acceptors (Lipinski definition) is 7. The Morgan fingerprint density at radius 1 is 0.468 bits per heavy atom. The summed E-state index contributed by atoms with van der Waals surface area (Å²) in [6.07, 6.45) is 79.8. The van der Waals surface area contributed by atoms with Gasteiger partial charge in [-0.3, -0.25) is 14.2 Å². The first-order valence-electron chi connectivity index (χ1n) is 30.1. The summed E-state index contributed by atoms with van der Waals surface area (Å²) in [5, 5.41) is 2.96. The number of nitrogens with zero attached hydrogens (tertiary/aromatic N) is 1. The van der Waals surface area contributed by atoms with Crippen LogP contribution < -0.4 is 10.2 Å². The highest BCUT2D eigenvalue weighted by molar-refractivity contribution is 7.45. The van der Waals surface area contributed by atoms with Crippen LogP contribution in [0.5, 0.6) is 0 Å². The second-order valence-electron chi connectivity index (χ2n) is 20.7. The Morgan fingerprint density at radius 3 is 1.27 bits per heavy atom. The van der Waals surface area contributed by atoms with Gasteiger partial charge in [0, 0.05) is 12.8 Å². The number of hydrogen-bond donors (Lipinski definition) is 1. The number of allylic oxidation sites excluding steroid dienone is 23. The monoisotopic (exact) mass is 1090 g/mol. The van der Waals surface area contributed by atoms with Crippen molar-refractivity contribution < 1.29 is 37.3 Å². The minimum atomic E-state index is -4.73. The van der Waals surface area contributed by atoms with E-state index in [0.717, 1.165) is 122 Å². The average Bonchev–Trinajstić information content (AvgIpc) is 3.39. The molecule has 0 aromatic heterocycles. The molecule has 0 aliphatic carbocycles. The van der Waals surface area contributed by atoms with Crippen molar-refractivity contribution in [3.05, 3.63) is 146 Å². The van der Waals surface area contributed by atoms with Gasteiger partial charge in [0.1, 0.15) is 19.3 Å². The van der Waals surface area contributed by atoms with Gasteiger partial charge in [0.25, 0.3) is 7.82 Å². The van der Waals surface area contributed by atoms with E-state index in [1.54, 1.807) is 6.08 Å². The third kappa shape index (κ3) is 56.4. The van der Waals surface area contributed by atoms with Gasteiger partial charge in [-0.15, -0.1) is 0 Å². The van der Waals surface area contributed by atoms with Gasteiger partial charge in [-0.1, -0.05) is 231 Å². The Hall–Kier alpha value is -4.11. The number of likely N-dealkylation sites (N-methyl/N-ethyl adjacent to an activating group) is 1. The van der Waals surface area contributed by atoms with E-state index in [1.807, 2.05) is 39.4 Å².